The van der Waals surface area contributed by atoms with Crippen LogP contribution >= 0.6 is 0 Å². The van der Waals surface area contributed by atoms with E-state index in [1.165, 1.54) is 7.11 Å². The van der Waals surface area contributed by atoms with E-state index in [1.807, 2.05) is 0 Å². The summed E-state index contributed by atoms with van der Waals surface area (Å²) in [6, 6.07) is 4.99. The van der Waals surface area contributed by atoms with Gasteiger partial charge in [0, 0.05) is 5.69 Å². The third-order valence-electron chi connectivity index (χ3n) is 2.10. The molecule has 0 unspecified atom stereocenters. The highest BCUT2D eigenvalue weighted by molar-refractivity contribution is 5.95. The first-order chi connectivity index (χ1) is 7.83. The monoisotopic (exact) mass is 237 g/mol. The number of esters is 1. The normalized spacial score (nSPS) is 11.1. The molecule has 17 heavy (non-hydrogen) atoms. The zero-order valence-electron chi connectivity index (χ0n) is 10.7. The van der Waals surface area contributed by atoms with Gasteiger partial charge in [0.2, 0.25) is 0 Å². The van der Waals surface area contributed by atoms with Crippen molar-refractivity contribution in [3.05, 3.63) is 23.8 Å². The largest absolute Gasteiger partial charge is 0.493 e. The molecule has 4 heteroatoms. The van der Waals surface area contributed by atoms with Gasteiger partial charge in [0.25, 0.3) is 0 Å². The highest BCUT2D eigenvalue weighted by Gasteiger charge is 2.14. The fourth-order valence-electron chi connectivity index (χ4n) is 1.21. The van der Waals surface area contributed by atoms with Gasteiger partial charge in [0.1, 0.15) is 5.75 Å². The van der Waals surface area contributed by atoms with Gasteiger partial charge in [-0.25, -0.2) is 4.79 Å². The Balaban J connectivity index is 2.86. The summed E-state index contributed by atoms with van der Waals surface area (Å²) in [6.45, 7) is 6.79. The number of hydrogen-bond donors (Lipinski definition) is 1. The third kappa shape index (κ3) is 3.98. The standard InChI is InChI=1S/C13H19NO3/c1-13(2,3)8-17-9-5-6-11(14)10(7-9)12(15)16-4/h5-7H,8,14H2,1-4H3. The fourth-order valence-corrected chi connectivity index (χ4v) is 1.21. The predicted octanol–water partition coefficient (Wildman–Crippen LogP) is 2.48. The summed E-state index contributed by atoms with van der Waals surface area (Å²) < 4.78 is 10.2. The molecule has 4 nitrogen and oxygen atoms in total. The van der Waals surface area contributed by atoms with E-state index in [4.69, 9.17) is 10.5 Å². The maximum Gasteiger partial charge on any atom is 0.340 e. The van der Waals surface area contributed by atoms with E-state index in [0.29, 0.717) is 23.6 Å². The number of benzene rings is 1. The smallest absolute Gasteiger partial charge is 0.340 e. The van der Waals surface area contributed by atoms with Crippen LogP contribution < -0.4 is 10.5 Å². The van der Waals surface area contributed by atoms with Crippen LogP contribution in [0, 0.1) is 5.41 Å². The molecule has 0 aliphatic rings. The number of anilines is 1. The molecule has 0 saturated heterocycles. The minimum atomic E-state index is -0.455. The summed E-state index contributed by atoms with van der Waals surface area (Å²) in [7, 11) is 1.32. The SMILES string of the molecule is COC(=O)c1cc(OCC(C)(C)C)ccc1N. The third-order valence-corrected chi connectivity index (χ3v) is 2.10. The van der Waals surface area contributed by atoms with Crippen molar-refractivity contribution in [1.29, 1.82) is 0 Å². The average molecular weight is 237 g/mol. The first-order valence-electron chi connectivity index (χ1n) is 5.44. The van der Waals surface area contributed by atoms with E-state index in [0.717, 1.165) is 0 Å². The lowest BCUT2D eigenvalue weighted by atomic mass is 9.99. The minimum Gasteiger partial charge on any atom is -0.493 e. The minimum absolute atomic E-state index is 0.0623. The number of rotatable bonds is 3. The first kappa shape index (κ1) is 13.4. The van der Waals surface area contributed by atoms with Crippen molar-refractivity contribution >= 4 is 11.7 Å². The molecule has 1 aromatic carbocycles. The van der Waals surface area contributed by atoms with Gasteiger partial charge in [0.05, 0.1) is 19.3 Å². The second-order valence-electron chi connectivity index (χ2n) is 5.09. The maximum absolute atomic E-state index is 11.4. The molecule has 0 heterocycles. The molecule has 2 N–H and O–H groups in total. The Bertz CT molecular complexity index is 408. The fraction of sp³-hybridized carbons (Fsp3) is 0.462. The second-order valence-corrected chi connectivity index (χ2v) is 5.09. The quantitative estimate of drug-likeness (QED) is 0.648. The van der Waals surface area contributed by atoms with Gasteiger partial charge in [-0.05, 0) is 23.6 Å². The van der Waals surface area contributed by atoms with Gasteiger partial charge in [-0.1, -0.05) is 20.8 Å². The summed E-state index contributed by atoms with van der Waals surface area (Å²) in [5.41, 5.74) is 6.47. The lowest BCUT2D eigenvalue weighted by Gasteiger charge is -2.19. The lowest BCUT2D eigenvalue weighted by Crippen LogP contribution is -2.17. The van der Waals surface area contributed by atoms with Crippen LogP contribution in [0.15, 0.2) is 18.2 Å². The van der Waals surface area contributed by atoms with Gasteiger partial charge >= 0.3 is 5.97 Å². The molecule has 0 bridgehead atoms. The van der Waals surface area contributed by atoms with Crippen LogP contribution in [0.1, 0.15) is 31.1 Å². The van der Waals surface area contributed by atoms with Gasteiger partial charge in [-0.3, -0.25) is 0 Å². The number of hydrogen-bond acceptors (Lipinski definition) is 4. The molecule has 0 aliphatic carbocycles. The Hall–Kier alpha value is -1.71. The van der Waals surface area contributed by atoms with E-state index < -0.39 is 5.97 Å². The summed E-state index contributed by atoms with van der Waals surface area (Å²) in [6.07, 6.45) is 0. The van der Waals surface area contributed by atoms with Gasteiger partial charge in [-0.2, -0.15) is 0 Å². The number of nitrogens with two attached hydrogens (primary N) is 1. The number of carbonyl (C=O) groups is 1. The molecule has 0 aliphatic heterocycles. The molecule has 0 saturated carbocycles. The molecule has 0 spiro atoms. The van der Waals surface area contributed by atoms with Crippen LogP contribution in [0.2, 0.25) is 0 Å². The summed E-state index contributed by atoms with van der Waals surface area (Å²) in [5, 5.41) is 0. The van der Waals surface area contributed by atoms with Crippen LogP contribution in [0.3, 0.4) is 0 Å². The maximum atomic E-state index is 11.4. The summed E-state index contributed by atoms with van der Waals surface area (Å²) in [5.74, 6) is 0.165. The van der Waals surface area contributed by atoms with E-state index >= 15 is 0 Å². The number of methoxy groups -OCH3 is 1. The Morgan fingerprint density at radius 3 is 2.53 bits per heavy atom. The molecule has 0 atom stereocenters. The topological polar surface area (TPSA) is 61.5 Å². The number of carbonyl (C=O) groups excluding carboxylic acids is 1. The Morgan fingerprint density at radius 1 is 1.35 bits per heavy atom. The van der Waals surface area contributed by atoms with Crippen molar-refractivity contribution in [2.75, 3.05) is 19.5 Å². The summed E-state index contributed by atoms with van der Waals surface area (Å²) in [4.78, 5) is 11.4. The van der Waals surface area contributed by atoms with Crippen molar-refractivity contribution in [3.63, 3.8) is 0 Å². The molecule has 0 aromatic heterocycles. The van der Waals surface area contributed by atoms with Crippen molar-refractivity contribution in [2.24, 2.45) is 5.41 Å². The second kappa shape index (κ2) is 5.08. The highest BCUT2D eigenvalue weighted by atomic mass is 16.5. The van der Waals surface area contributed by atoms with E-state index in [1.54, 1.807) is 18.2 Å². The van der Waals surface area contributed by atoms with Gasteiger partial charge < -0.3 is 15.2 Å². The first-order valence-corrected chi connectivity index (χ1v) is 5.44. The zero-order chi connectivity index (χ0) is 13.1. The Labute approximate surface area is 102 Å². The van der Waals surface area contributed by atoms with Crippen molar-refractivity contribution in [2.45, 2.75) is 20.8 Å². The number of ether oxygens (including phenoxy) is 2. The van der Waals surface area contributed by atoms with Crippen molar-refractivity contribution in [1.82, 2.24) is 0 Å². The van der Waals surface area contributed by atoms with Crippen molar-refractivity contribution < 1.29 is 14.3 Å². The Kier molecular flexibility index (Phi) is 3.99. The molecule has 1 rings (SSSR count). The molecule has 0 fully saturated rings. The number of nitrogen functional groups attached to an aromatic ring is 1. The van der Waals surface area contributed by atoms with Crippen LogP contribution in [0.5, 0.6) is 5.75 Å². The lowest BCUT2D eigenvalue weighted by molar-refractivity contribution is 0.0601. The van der Waals surface area contributed by atoms with Gasteiger partial charge in [-0.15, -0.1) is 0 Å². The van der Waals surface area contributed by atoms with Crippen LogP contribution in [-0.4, -0.2) is 19.7 Å². The molecule has 0 amide bonds. The molecular weight excluding hydrogens is 218 g/mol. The van der Waals surface area contributed by atoms with E-state index in [9.17, 15) is 4.79 Å². The highest BCUT2D eigenvalue weighted by Crippen LogP contribution is 2.22. The van der Waals surface area contributed by atoms with Crippen LogP contribution in [-0.2, 0) is 4.74 Å². The van der Waals surface area contributed by atoms with Crippen molar-refractivity contribution in [3.8, 4) is 5.75 Å². The predicted molar refractivity (Wildman–Crippen MR) is 67.1 cm³/mol. The van der Waals surface area contributed by atoms with Crippen LogP contribution in [0.25, 0.3) is 0 Å². The van der Waals surface area contributed by atoms with E-state index in [-0.39, 0.29) is 5.41 Å². The summed E-state index contributed by atoms with van der Waals surface area (Å²) >= 11 is 0. The molecule has 0 radical (unpaired) electrons. The van der Waals surface area contributed by atoms with Crippen LogP contribution in [0.4, 0.5) is 5.69 Å². The molecule has 1 aromatic rings. The van der Waals surface area contributed by atoms with E-state index in [2.05, 4.69) is 25.5 Å². The molecular formula is C13H19NO3. The van der Waals surface area contributed by atoms with Gasteiger partial charge in [0.15, 0.2) is 0 Å². The average Bonchev–Trinajstić information content (AvgIpc) is 2.26. The molecule has 94 valence electrons. The zero-order valence-corrected chi connectivity index (χ0v) is 10.7. The Morgan fingerprint density at radius 2 is 2.00 bits per heavy atom.